The molecule has 0 bridgehead atoms. The van der Waals surface area contributed by atoms with Crippen LogP contribution in [0.2, 0.25) is 0 Å². The van der Waals surface area contributed by atoms with Crippen molar-refractivity contribution in [2.24, 2.45) is 11.1 Å². The van der Waals surface area contributed by atoms with Crippen LogP contribution in [0.3, 0.4) is 0 Å². The molecule has 3 nitrogen and oxygen atoms in total. The van der Waals surface area contributed by atoms with Crippen molar-refractivity contribution in [3.8, 4) is 0 Å². The van der Waals surface area contributed by atoms with Gasteiger partial charge in [-0.3, -0.25) is 9.78 Å². The van der Waals surface area contributed by atoms with Crippen LogP contribution in [-0.4, -0.2) is 17.3 Å². The first-order chi connectivity index (χ1) is 8.19. The van der Waals surface area contributed by atoms with E-state index < -0.39 is 11.2 Å². The quantitative estimate of drug-likeness (QED) is 0.819. The van der Waals surface area contributed by atoms with Crippen molar-refractivity contribution in [1.29, 1.82) is 0 Å². The molecule has 92 valence electrons. The van der Waals surface area contributed by atoms with Gasteiger partial charge in [-0.2, -0.15) is 0 Å². The molecule has 1 aromatic rings. The fourth-order valence-electron chi connectivity index (χ4n) is 2.60. The van der Waals surface area contributed by atoms with Crippen LogP contribution in [0.1, 0.15) is 42.5 Å². The van der Waals surface area contributed by atoms with Crippen molar-refractivity contribution in [3.63, 3.8) is 0 Å². The first-order valence-electron chi connectivity index (χ1n) is 6.04. The number of rotatable bonds is 3. The molecule has 1 heterocycles. The van der Waals surface area contributed by atoms with Crippen molar-refractivity contribution in [2.75, 3.05) is 6.54 Å². The van der Waals surface area contributed by atoms with E-state index in [9.17, 15) is 9.18 Å². The fraction of sp³-hybridized carbons (Fsp3) is 0.538. The van der Waals surface area contributed by atoms with E-state index in [1.54, 1.807) is 0 Å². The number of carbonyl (C=O) groups excluding carboxylic acids is 1. The molecular formula is C13H17FN2O. The highest BCUT2D eigenvalue weighted by molar-refractivity contribution is 6.00. The average molecular weight is 236 g/mol. The molecule has 0 atom stereocenters. The first kappa shape index (κ1) is 12.2. The van der Waals surface area contributed by atoms with Gasteiger partial charge >= 0.3 is 0 Å². The van der Waals surface area contributed by atoms with Gasteiger partial charge in [-0.05, 0) is 18.9 Å². The highest BCUT2D eigenvalue weighted by Crippen LogP contribution is 2.38. The van der Waals surface area contributed by atoms with Crippen molar-refractivity contribution < 1.29 is 9.18 Å². The topological polar surface area (TPSA) is 56.0 Å². The van der Waals surface area contributed by atoms with Gasteiger partial charge in [0, 0.05) is 18.2 Å². The van der Waals surface area contributed by atoms with Crippen LogP contribution < -0.4 is 5.73 Å². The van der Waals surface area contributed by atoms with Crippen LogP contribution in [0.15, 0.2) is 18.5 Å². The Balaban J connectivity index is 2.32. The molecule has 1 fully saturated rings. The molecule has 0 aliphatic heterocycles. The Bertz CT molecular complexity index is 414. The molecule has 1 aliphatic rings. The number of ketones is 1. The first-order valence-corrected chi connectivity index (χ1v) is 6.04. The molecule has 0 radical (unpaired) electrons. The second kappa shape index (κ2) is 4.92. The van der Waals surface area contributed by atoms with Crippen molar-refractivity contribution >= 4 is 5.78 Å². The number of nitrogens with two attached hydrogens (primary N) is 1. The minimum atomic E-state index is -0.555. The summed E-state index contributed by atoms with van der Waals surface area (Å²) in [5.74, 6) is -0.699. The van der Waals surface area contributed by atoms with Crippen molar-refractivity contribution in [3.05, 3.63) is 29.8 Å². The van der Waals surface area contributed by atoms with Gasteiger partial charge in [0.25, 0.3) is 0 Å². The van der Waals surface area contributed by atoms with Gasteiger partial charge in [-0.1, -0.05) is 19.3 Å². The molecule has 4 heteroatoms. The third-order valence-electron chi connectivity index (χ3n) is 3.70. The zero-order chi connectivity index (χ0) is 12.3. The Labute approximate surface area is 100 Å². The predicted octanol–water partition coefficient (Wildman–Crippen LogP) is 2.31. The van der Waals surface area contributed by atoms with Crippen molar-refractivity contribution in [1.82, 2.24) is 4.98 Å². The number of carbonyl (C=O) groups is 1. The SMILES string of the molecule is NCC1(C(=O)c2ccncc2F)CCCCC1. The zero-order valence-electron chi connectivity index (χ0n) is 9.79. The third kappa shape index (κ3) is 2.22. The lowest BCUT2D eigenvalue weighted by atomic mass is 9.69. The summed E-state index contributed by atoms with van der Waals surface area (Å²) in [5, 5.41) is 0. The maximum Gasteiger partial charge on any atom is 0.173 e. The van der Waals surface area contributed by atoms with E-state index in [0.717, 1.165) is 38.3 Å². The summed E-state index contributed by atoms with van der Waals surface area (Å²) in [6.07, 6.45) is 7.19. The lowest BCUT2D eigenvalue weighted by Gasteiger charge is -2.34. The van der Waals surface area contributed by atoms with Crippen molar-refractivity contribution in [2.45, 2.75) is 32.1 Å². The van der Waals surface area contributed by atoms with Gasteiger partial charge in [0.2, 0.25) is 0 Å². The van der Waals surface area contributed by atoms with E-state index in [-0.39, 0.29) is 11.3 Å². The summed E-state index contributed by atoms with van der Waals surface area (Å²) in [6.45, 7) is 0.299. The third-order valence-corrected chi connectivity index (χ3v) is 3.70. The summed E-state index contributed by atoms with van der Waals surface area (Å²) >= 11 is 0. The summed E-state index contributed by atoms with van der Waals surface area (Å²) in [4.78, 5) is 16.1. The van der Waals surface area contributed by atoms with Gasteiger partial charge in [0.15, 0.2) is 11.6 Å². The average Bonchev–Trinajstić information content (AvgIpc) is 2.39. The minimum absolute atomic E-state index is 0.132. The number of pyridine rings is 1. The largest absolute Gasteiger partial charge is 0.329 e. The Morgan fingerprint density at radius 3 is 2.71 bits per heavy atom. The number of nitrogens with zero attached hydrogens (tertiary/aromatic N) is 1. The highest BCUT2D eigenvalue weighted by atomic mass is 19.1. The van der Waals surface area contributed by atoms with E-state index >= 15 is 0 Å². The molecular weight excluding hydrogens is 219 g/mol. The van der Waals surface area contributed by atoms with E-state index in [0.29, 0.717) is 6.54 Å². The predicted molar refractivity (Wildman–Crippen MR) is 63.1 cm³/mol. The monoisotopic (exact) mass is 236 g/mol. The maximum absolute atomic E-state index is 13.6. The van der Waals surface area contributed by atoms with Crippen LogP contribution in [0.4, 0.5) is 4.39 Å². The zero-order valence-corrected chi connectivity index (χ0v) is 9.79. The second-order valence-electron chi connectivity index (χ2n) is 4.73. The molecule has 1 saturated carbocycles. The molecule has 2 rings (SSSR count). The van der Waals surface area contributed by atoms with Gasteiger partial charge in [-0.15, -0.1) is 0 Å². The summed E-state index contributed by atoms with van der Waals surface area (Å²) < 4.78 is 13.6. The second-order valence-corrected chi connectivity index (χ2v) is 4.73. The number of Topliss-reactive ketones (excluding diaryl/α,β-unsaturated/α-hetero) is 1. The molecule has 0 aromatic carbocycles. The maximum atomic E-state index is 13.6. The van der Waals surface area contributed by atoms with E-state index in [1.165, 1.54) is 12.3 Å². The Kier molecular flexibility index (Phi) is 3.52. The van der Waals surface area contributed by atoms with Crippen LogP contribution >= 0.6 is 0 Å². The van der Waals surface area contributed by atoms with Gasteiger partial charge in [0.1, 0.15) is 0 Å². The molecule has 0 amide bonds. The highest BCUT2D eigenvalue weighted by Gasteiger charge is 2.39. The number of aromatic nitrogens is 1. The number of halogens is 1. The molecule has 0 saturated heterocycles. The lowest BCUT2D eigenvalue weighted by molar-refractivity contribution is 0.0724. The smallest absolute Gasteiger partial charge is 0.173 e. The van der Waals surface area contributed by atoms with Gasteiger partial charge < -0.3 is 5.73 Å². The van der Waals surface area contributed by atoms with Gasteiger partial charge in [0.05, 0.1) is 11.8 Å². The van der Waals surface area contributed by atoms with Crippen LogP contribution in [0.25, 0.3) is 0 Å². The van der Waals surface area contributed by atoms with E-state index in [2.05, 4.69) is 4.98 Å². The Hall–Kier alpha value is -1.29. The molecule has 17 heavy (non-hydrogen) atoms. The fourth-order valence-corrected chi connectivity index (χ4v) is 2.60. The summed E-state index contributed by atoms with van der Waals surface area (Å²) in [7, 11) is 0. The number of hydrogen-bond donors (Lipinski definition) is 1. The summed E-state index contributed by atoms with van der Waals surface area (Å²) in [6, 6.07) is 1.45. The van der Waals surface area contributed by atoms with Crippen LogP contribution in [0, 0.1) is 11.2 Å². The molecule has 2 N–H and O–H groups in total. The van der Waals surface area contributed by atoms with Gasteiger partial charge in [-0.25, -0.2) is 4.39 Å². The molecule has 0 spiro atoms. The molecule has 0 unspecified atom stereocenters. The molecule has 1 aliphatic carbocycles. The minimum Gasteiger partial charge on any atom is -0.329 e. The van der Waals surface area contributed by atoms with Crippen LogP contribution in [0.5, 0.6) is 0 Å². The van der Waals surface area contributed by atoms with Crippen LogP contribution in [-0.2, 0) is 0 Å². The summed E-state index contributed by atoms with van der Waals surface area (Å²) in [5.41, 5.74) is 5.34. The standard InChI is InChI=1S/C13H17FN2O/c14-11-8-16-7-4-10(11)12(17)13(9-15)5-2-1-3-6-13/h4,7-8H,1-3,5-6,9,15H2. The number of hydrogen-bond acceptors (Lipinski definition) is 3. The Morgan fingerprint density at radius 1 is 1.41 bits per heavy atom. The van der Waals surface area contributed by atoms with E-state index in [4.69, 9.17) is 5.73 Å². The molecule has 1 aromatic heterocycles. The normalized spacial score (nSPS) is 18.9. The Morgan fingerprint density at radius 2 is 2.12 bits per heavy atom. The lowest BCUT2D eigenvalue weighted by Crippen LogP contribution is -2.40. The van der Waals surface area contributed by atoms with E-state index in [1.807, 2.05) is 0 Å².